The second-order valence-corrected chi connectivity index (χ2v) is 8.62. The number of Topliss-reactive ketones (excluding diaryl/α,β-unsaturated/α-hetero) is 1. The third-order valence-electron chi connectivity index (χ3n) is 6.62. The first-order valence-corrected chi connectivity index (χ1v) is 9.36. The quantitative estimate of drug-likeness (QED) is 0.417. The van der Waals surface area contributed by atoms with Gasteiger partial charge in [-0.1, -0.05) is 6.92 Å². The van der Waals surface area contributed by atoms with E-state index in [0.717, 1.165) is 0 Å². The smallest absolute Gasteiger partial charge is 0.396 e. The molecule has 7 atom stereocenters. The molecule has 1 unspecified atom stereocenters. The van der Waals surface area contributed by atoms with Crippen molar-refractivity contribution < 1.29 is 41.6 Å². The summed E-state index contributed by atoms with van der Waals surface area (Å²) in [6, 6.07) is 0. The van der Waals surface area contributed by atoms with E-state index >= 15 is 0 Å². The van der Waals surface area contributed by atoms with Crippen molar-refractivity contribution in [2.75, 3.05) is 13.2 Å². The number of rotatable bonds is 3. The molecule has 0 aromatic heterocycles. The van der Waals surface area contributed by atoms with Crippen molar-refractivity contribution in [1.29, 1.82) is 0 Å². The number of aliphatic hydroxyl groups excluding tert-OH is 2. The van der Waals surface area contributed by atoms with Gasteiger partial charge in [-0.05, 0) is 25.0 Å². The van der Waals surface area contributed by atoms with E-state index in [0.29, 0.717) is 0 Å². The topological polar surface area (TPSA) is 143 Å². The maximum atomic E-state index is 12.7. The fourth-order valence-electron chi connectivity index (χ4n) is 5.24. The lowest BCUT2D eigenvalue weighted by Crippen LogP contribution is -2.71. The number of epoxide rings is 1. The van der Waals surface area contributed by atoms with Gasteiger partial charge in [0.15, 0.2) is 11.9 Å². The number of carbonyl (C=O) groups excluding carboxylic acids is 1. The van der Waals surface area contributed by atoms with E-state index in [-0.39, 0.29) is 18.6 Å². The Balaban J connectivity index is 1.94. The highest BCUT2D eigenvalue weighted by molar-refractivity contribution is 7.80. The van der Waals surface area contributed by atoms with Crippen LogP contribution in [0, 0.1) is 10.8 Å². The minimum atomic E-state index is -4.97. The van der Waals surface area contributed by atoms with Crippen LogP contribution >= 0.6 is 0 Å². The summed E-state index contributed by atoms with van der Waals surface area (Å²) in [6.45, 7) is 2.83. The van der Waals surface area contributed by atoms with Crippen molar-refractivity contribution in [2.45, 2.75) is 50.3 Å². The van der Waals surface area contributed by atoms with Crippen LogP contribution in [0.1, 0.15) is 20.3 Å². The van der Waals surface area contributed by atoms with Crippen molar-refractivity contribution in [3.63, 3.8) is 0 Å². The molecule has 0 radical (unpaired) electrons. The van der Waals surface area contributed by atoms with Gasteiger partial charge >= 0.3 is 10.4 Å². The number of fused-ring (bicyclic) bond motifs is 2. The zero-order chi connectivity index (χ0) is 18.4. The van der Waals surface area contributed by atoms with Crippen LogP contribution in [0.15, 0.2) is 11.6 Å². The fourth-order valence-corrected chi connectivity index (χ4v) is 5.74. The Labute approximate surface area is 144 Å². The van der Waals surface area contributed by atoms with Crippen LogP contribution in [0.5, 0.6) is 0 Å². The molecule has 0 amide bonds. The molecule has 2 saturated heterocycles. The zero-order valence-corrected chi connectivity index (χ0v) is 14.5. The van der Waals surface area contributed by atoms with E-state index < -0.39 is 63.6 Å². The number of hydrogen-bond donors (Lipinski definition) is 3. The second kappa shape index (κ2) is 4.89. The molecule has 140 valence electrons. The number of hydrogen-bond acceptors (Lipinski definition) is 8. The van der Waals surface area contributed by atoms with Crippen molar-refractivity contribution in [1.82, 2.24) is 0 Å². The molecule has 1 saturated carbocycles. The van der Waals surface area contributed by atoms with Gasteiger partial charge in [-0.2, -0.15) is 8.42 Å². The van der Waals surface area contributed by atoms with E-state index in [1.165, 1.54) is 13.0 Å². The molecular formula is C15H20O9S. The number of aliphatic hydroxyl groups is 2. The predicted octanol–water partition coefficient (Wildman–Crippen LogP) is -1.01. The fraction of sp³-hybridized carbons (Fsp3) is 0.800. The van der Waals surface area contributed by atoms with E-state index in [1.54, 1.807) is 6.92 Å². The number of ketones is 1. The van der Waals surface area contributed by atoms with Crippen LogP contribution in [-0.2, 0) is 28.9 Å². The SMILES string of the molecule is CC1=C[C@H]2O[C@@H]3[C@H](O)C[C@@](C)(C34CO4)[C@@]2(CO)[C@H](OS(=O)(=O)O)C1=O. The second-order valence-electron chi connectivity index (χ2n) is 7.58. The minimum Gasteiger partial charge on any atom is -0.396 e. The Morgan fingerprint density at radius 3 is 2.60 bits per heavy atom. The Bertz CT molecular complexity index is 770. The molecule has 2 aliphatic heterocycles. The van der Waals surface area contributed by atoms with Gasteiger partial charge in [-0.25, -0.2) is 4.18 Å². The third-order valence-corrected chi connectivity index (χ3v) is 7.06. The highest BCUT2D eigenvalue weighted by Gasteiger charge is 2.83. The van der Waals surface area contributed by atoms with Gasteiger partial charge in [-0.3, -0.25) is 9.35 Å². The molecule has 3 N–H and O–H groups in total. The van der Waals surface area contributed by atoms with Crippen molar-refractivity contribution in [2.24, 2.45) is 10.8 Å². The Morgan fingerprint density at radius 2 is 2.08 bits per heavy atom. The standard InChI is InChI=1S/C15H20O9S/c1-7-3-9-14(5-16,12(10(7)18)24-25(19,20)21)13(2)4-8(17)11(23-9)15(13)6-22-15/h3,8-9,11-12,16-17H,4-6H2,1-2H3,(H,19,20,21)/t8-,9-,11-,12-,13-,14-,15?/m1/s1. The predicted molar refractivity (Wildman–Crippen MR) is 80.8 cm³/mol. The maximum Gasteiger partial charge on any atom is 0.398 e. The van der Waals surface area contributed by atoms with Gasteiger partial charge in [0.25, 0.3) is 0 Å². The molecule has 0 aromatic carbocycles. The van der Waals surface area contributed by atoms with Crippen LogP contribution in [0.4, 0.5) is 0 Å². The Morgan fingerprint density at radius 1 is 1.44 bits per heavy atom. The highest BCUT2D eigenvalue weighted by Crippen LogP contribution is 2.71. The van der Waals surface area contributed by atoms with E-state index in [1.807, 2.05) is 0 Å². The molecule has 4 rings (SSSR count). The molecule has 2 heterocycles. The van der Waals surface area contributed by atoms with Crippen LogP contribution in [0.25, 0.3) is 0 Å². The molecule has 9 nitrogen and oxygen atoms in total. The maximum absolute atomic E-state index is 12.7. The van der Waals surface area contributed by atoms with Crippen LogP contribution in [0.2, 0.25) is 0 Å². The lowest BCUT2D eigenvalue weighted by atomic mass is 9.50. The molecule has 2 aliphatic carbocycles. The summed E-state index contributed by atoms with van der Waals surface area (Å²) < 4.78 is 48.3. The summed E-state index contributed by atoms with van der Waals surface area (Å²) in [4.78, 5) is 12.7. The first kappa shape index (κ1) is 17.5. The van der Waals surface area contributed by atoms with Gasteiger partial charge in [-0.15, -0.1) is 0 Å². The molecule has 3 fully saturated rings. The number of ether oxygens (including phenoxy) is 2. The first-order chi connectivity index (χ1) is 11.5. The summed E-state index contributed by atoms with van der Waals surface area (Å²) in [5.41, 5.74) is -3.24. The van der Waals surface area contributed by atoms with E-state index in [4.69, 9.17) is 13.7 Å². The normalized spacial score (nSPS) is 51.4. The molecule has 10 heteroatoms. The lowest BCUT2D eigenvalue weighted by Gasteiger charge is -2.58. The van der Waals surface area contributed by atoms with Gasteiger partial charge in [0, 0.05) is 5.41 Å². The van der Waals surface area contributed by atoms with Crippen molar-refractivity contribution in [3.05, 3.63) is 11.6 Å². The van der Waals surface area contributed by atoms with Crippen LogP contribution in [0.3, 0.4) is 0 Å². The lowest BCUT2D eigenvalue weighted by molar-refractivity contribution is -0.240. The van der Waals surface area contributed by atoms with Crippen molar-refractivity contribution in [3.8, 4) is 0 Å². The Kier molecular flexibility index (Phi) is 3.43. The molecular weight excluding hydrogens is 356 g/mol. The summed E-state index contributed by atoms with van der Waals surface area (Å²) in [7, 11) is -4.97. The molecule has 0 aromatic rings. The summed E-state index contributed by atoms with van der Waals surface area (Å²) in [5.74, 6) is -0.664. The van der Waals surface area contributed by atoms with Gasteiger partial charge in [0.1, 0.15) is 11.7 Å². The van der Waals surface area contributed by atoms with E-state index in [9.17, 15) is 28.0 Å². The highest BCUT2D eigenvalue weighted by atomic mass is 32.3. The largest absolute Gasteiger partial charge is 0.398 e. The van der Waals surface area contributed by atoms with Gasteiger partial charge in [0.05, 0.1) is 30.8 Å². The third kappa shape index (κ3) is 1.93. The molecule has 1 spiro atoms. The van der Waals surface area contributed by atoms with Gasteiger partial charge < -0.3 is 19.7 Å². The average molecular weight is 376 g/mol. The summed E-state index contributed by atoms with van der Waals surface area (Å²) in [6.07, 6.45) is -2.44. The summed E-state index contributed by atoms with van der Waals surface area (Å²) >= 11 is 0. The number of carbonyl (C=O) groups is 1. The molecule has 2 bridgehead atoms. The van der Waals surface area contributed by atoms with Crippen LogP contribution in [-0.4, -0.2) is 72.2 Å². The monoisotopic (exact) mass is 376 g/mol. The molecule has 25 heavy (non-hydrogen) atoms. The summed E-state index contributed by atoms with van der Waals surface area (Å²) in [5, 5.41) is 20.8. The van der Waals surface area contributed by atoms with Crippen molar-refractivity contribution >= 4 is 16.2 Å². The molecule has 4 aliphatic rings. The Hall–Kier alpha value is -0.880. The average Bonchev–Trinajstić information content (AvgIpc) is 3.26. The zero-order valence-electron chi connectivity index (χ0n) is 13.7. The van der Waals surface area contributed by atoms with Crippen LogP contribution < -0.4 is 0 Å². The van der Waals surface area contributed by atoms with E-state index in [2.05, 4.69) is 0 Å². The minimum absolute atomic E-state index is 0.139. The first-order valence-electron chi connectivity index (χ1n) is 7.99. The van der Waals surface area contributed by atoms with Gasteiger partial charge in [0.2, 0.25) is 0 Å².